The average molecular weight is 331 g/mol. The van der Waals surface area contributed by atoms with Crippen LogP contribution in [0, 0.1) is 0 Å². The molecule has 0 bridgehead atoms. The predicted molar refractivity (Wildman–Crippen MR) is 89.9 cm³/mol. The first-order chi connectivity index (χ1) is 11.2. The first kappa shape index (κ1) is 15.9. The molecule has 0 aromatic heterocycles. The number of rotatable bonds is 5. The second-order valence-electron chi connectivity index (χ2n) is 5.71. The number of ether oxygens (including phenoxy) is 2. The first-order valence-electron chi connectivity index (χ1n) is 7.76. The number of hydrogen-bond donors (Lipinski definition) is 0. The summed E-state index contributed by atoms with van der Waals surface area (Å²) in [5.74, 6) is 0.658. The predicted octanol–water partition coefficient (Wildman–Crippen LogP) is 4.51. The molecule has 0 radical (unpaired) electrons. The number of esters is 1. The van der Waals surface area contributed by atoms with Crippen LogP contribution < -0.4 is 4.74 Å². The Kier molecular flexibility index (Phi) is 4.87. The molecule has 0 fully saturated rings. The van der Waals surface area contributed by atoms with Crippen molar-refractivity contribution in [1.82, 2.24) is 0 Å². The lowest BCUT2D eigenvalue weighted by Crippen LogP contribution is -2.04. The summed E-state index contributed by atoms with van der Waals surface area (Å²) in [6.07, 6.45) is 3.13. The fourth-order valence-electron chi connectivity index (χ4n) is 2.92. The highest BCUT2D eigenvalue weighted by molar-refractivity contribution is 6.30. The summed E-state index contributed by atoms with van der Waals surface area (Å²) in [6, 6.07) is 13.9. The van der Waals surface area contributed by atoms with Gasteiger partial charge >= 0.3 is 5.97 Å². The van der Waals surface area contributed by atoms with E-state index in [1.807, 2.05) is 36.4 Å². The number of aryl methyl sites for hydroxylation is 2. The molecule has 2 aromatic rings. The van der Waals surface area contributed by atoms with Gasteiger partial charge in [-0.05, 0) is 60.2 Å². The lowest BCUT2D eigenvalue weighted by molar-refractivity contribution is -0.140. The molecule has 0 heterocycles. The lowest BCUT2D eigenvalue weighted by atomic mass is 10.1. The maximum Gasteiger partial charge on any atom is 0.305 e. The van der Waals surface area contributed by atoms with Crippen LogP contribution in [-0.4, -0.2) is 13.1 Å². The summed E-state index contributed by atoms with van der Waals surface area (Å²) in [6.45, 7) is 0. The SMILES string of the molecule is COC(=O)CCc1ccc(OC2CCc3cc(Cl)ccc32)cc1. The third kappa shape index (κ3) is 3.85. The van der Waals surface area contributed by atoms with Crippen molar-refractivity contribution in [3.05, 3.63) is 64.2 Å². The van der Waals surface area contributed by atoms with E-state index in [0.29, 0.717) is 12.8 Å². The smallest absolute Gasteiger partial charge is 0.305 e. The van der Waals surface area contributed by atoms with Crippen LogP contribution in [0.15, 0.2) is 42.5 Å². The highest BCUT2D eigenvalue weighted by Crippen LogP contribution is 2.36. The molecule has 23 heavy (non-hydrogen) atoms. The summed E-state index contributed by atoms with van der Waals surface area (Å²) in [7, 11) is 1.41. The van der Waals surface area contributed by atoms with Gasteiger partial charge in [0.1, 0.15) is 11.9 Å². The molecule has 0 saturated carbocycles. The van der Waals surface area contributed by atoms with Crippen molar-refractivity contribution in [3.63, 3.8) is 0 Å². The minimum absolute atomic E-state index is 0.0863. The minimum Gasteiger partial charge on any atom is -0.486 e. The quantitative estimate of drug-likeness (QED) is 0.756. The molecular formula is C19H19ClO3. The molecule has 0 aliphatic heterocycles. The van der Waals surface area contributed by atoms with Crippen molar-refractivity contribution in [2.45, 2.75) is 31.8 Å². The number of carbonyl (C=O) groups excluding carboxylic acids is 1. The third-order valence-corrected chi connectivity index (χ3v) is 4.41. The summed E-state index contributed by atoms with van der Waals surface area (Å²) in [5, 5.41) is 0.777. The number of hydrogen-bond acceptors (Lipinski definition) is 3. The molecule has 4 heteroatoms. The summed E-state index contributed by atoms with van der Waals surface area (Å²) >= 11 is 6.04. The molecule has 1 unspecified atom stereocenters. The van der Waals surface area contributed by atoms with Gasteiger partial charge in [-0.25, -0.2) is 0 Å². The molecule has 3 rings (SSSR count). The van der Waals surface area contributed by atoms with Gasteiger partial charge in [0.2, 0.25) is 0 Å². The van der Waals surface area contributed by atoms with E-state index in [0.717, 1.165) is 29.2 Å². The zero-order valence-corrected chi connectivity index (χ0v) is 13.8. The van der Waals surface area contributed by atoms with Gasteiger partial charge in [-0.1, -0.05) is 29.8 Å². The van der Waals surface area contributed by atoms with Gasteiger partial charge in [0.25, 0.3) is 0 Å². The summed E-state index contributed by atoms with van der Waals surface area (Å²) in [5.41, 5.74) is 3.60. The van der Waals surface area contributed by atoms with Crippen LogP contribution >= 0.6 is 11.6 Å². The maximum absolute atomic E-state index is 11.2. The Morgan fingerprint density at radius 1 is 1.22 bits per heavy atom. The fourth-order valence-corrected chi connectivity index (χ4v) is 3.11. The topological polar surface area (TPSA) is 35.5 Å². The zero-order valence-electron chi connectivity index (χ0n) is 13.0. The van der Waals surface area contributed by atoms with Crippen LogP contribution in [0.25, 0.3) is 0 Å². The molecule has 3 nitrogen and oxygen atoms in total. The first-order valence-corrected chi connectivity index (χ1v) is 8.14. The molecule has 0 saturated heterocycles. The number of halogens is 1. The van der Waals surface area contributed by atoms with Crippen LogP contribution in [0.1, 0.15) is 35.6 Å². The van der Waals surface area contributed by atoms with E-state index in [4.69, 9.17) is 16.3 Å². The van der Waals surface area contributed by atoms with Crippen LogP contribution in [0.5, 0.6) is 5.75 Å². The molecule has 0 N–H and O–H groups in total. The monoisotopic (exact) mass is 330 g/mol. The van der Waals surface area contributed by atoms with E-state index in [2.05, 4.69) is 10.8 Å². The Balaban J connectivity index is 1.62. The Labute approximate surface area is 141 Å². The number of carbonyl (C=O) groups is 1. The second-order valence-corrected chi connectivity index (χ2v) is 6.14. The Hall–Kier alpha value is -2.00. The minimum atomic E-state index is -0.188. The van der Waals surface area contributed by atoms with Crippen molar-refractivity contribution in [1.29, 1.82) is 0 Å². The fraction of sp³-hybridized carbons (Fsp3) is 0.316. The van der Waals surface area contributed by atoms with E-state index < -0.39 is 0 Å². The number of benzene rings is 2. The Bertz CT molecular complexity index is 694. The second kappa shape index (κ2) is 7.05. The van der Waals surface area contributed by atoms with Gasteiger partial charge < -0.3 is 9.47 Å². The van der Waals surface area contributed by atoms with Crippen LogP contribution in [0.2, 0.25) is 5.02 Å². The van der Waals surface area contributed by atoms with E-state index in [-0.39, 0.29) is 12.1 Å². The van der Waals surface area contributed by atoms with Gasteiger partial charge in [-0.15, -0.1) is 0 Å². The Morgan fingerprint density at radius 2 is 2.00 bits per heavy atom. The normalized spacial score (nSPS) is 16.0. The summed E-state index contributed by atoms with van der Waals surface area (Å²) in [4.78, 5) is 11.2. The van der Waals surface area contributed by atoms with Crippen molar-refractivity contribution in [2.75, 3.05) is 7.11 Å². The standard InChI is InChI=1S/C19H19ClO3/c1-22-19(21)11-4-13-2-7-16(8-3-13)23-18-10-5-14-12-15(20)6-9-17(14)18/h2-3,6-9,12,18H,4-5,10-11H2,1H3. The third-order valence-electron chi connectivity index (χ3n) is 4.17. The molecule has 1 aliphatic carbocycles. The molecule has 2 aromatic carbocycles. The van der Waals surface area contributed by atoms with E-state index in [1.54, 1.807) is 0 Å². The molecular weight excluding hydrogens is 312 g/mol. The van der Waals surface area contributed by atoms with Gasteiger partial charge in [-0.2, -0.15) is 0 Å². The van der Waals surface area contributed by atoms with Gasteiger partial charge in [0.15, 0.2) is 0 Å². The van der Waals surface area contributed by atoms with Crippen molar-refractivity contribution >= 4 is 17.6 Å². The van der Waals surface area contributed by atoms with Crippen LogP contribution in [-0.2, 0) is 22.4 Å². The van der Waals surface area contributed by atoms with Gasteiger partial charge in [0.05, 0.1) is 7.11 Å². The largest absolute Gasteiger partial charge is 0.486 e. The average Bonchev–Trinajstić information content (AvgIpc) is 2.95. The van der Waals surface area contributed by atoms with Gasteiger partial charge in [0, 0.05) is 11.4 Å². The molecule has 0 spiro atoms. The van der Waals surface area contributed by atoms with Crippen molar-refractivity contribution in [3.8, 4) is 5.75 Å². The number of fused-ring (bicyclic) bond motifs is 1. The highest BCUT2D eigenvalue weighted by Gasteiger charge is 2.24. The Morgan fingerprint density at radius 3 is 2.74 bits per heavy atom. The molecule has 0 amide bonds. The van der Waals surface area contributed by atoms with E-state index in [9.17, 15) is 4.79 Å². The molecule has 120 valence electrons. The van der Waals surface area contributed by atoms with Crippen molar-refractivity contribution in [2.24, 2.45) is 0 Å². The highest BCUT2D eigenvalue weighted by atomic mass is 35.5. The zero-order chi connectivity index (χ0) is 16.2. The lowest BCUT2D eigenvalue weighted by Gasteiger charge is -2.15. The van der Waals surface area contributed by atoms with E-state index in [1.165, 1.54) is 18.2 Å². The van der Waals surface area contributed by atoms with E-state index >= 15 is 0 Å². The summed E-state index contributed by atoms with van der Waals surface area (Å²) < 4.78 is 10.8. The van der Waals surface area contributed by atoms with Gasteiger partial charge in [-0.3, -0.25) is 4.79 Å². The molecule has 1 aliphatic rings. The number of methoxy groups -OCH3 is 1. The molecule has 1 atom stereocenters. The van der Waals surface area contributed by atoms with Crippen molar-refractivity contribution < 1.29 is 14.3 Å². The maximum atomic E-state index is 11.2. The van der Waals surface area contributed by atoms with Crippen LogP contribution in [0.4, 0.5) is 0 Å². The van der Waals surface area contributed by atoms with Crippen LogP contribution in [0.3, 0.4) is 0 Å².